The summed E-state index contributed by atoms with van der Waals surface area (Å²) in [7, 11) is 0. The summed E-state index contributed by atoms with van der Waals surface area (Å²) >= 11 is 23.3. The Hall–Kier alpha value is -1.61. The highest BCUT2D eigenvalue weighted by Crippen LogP contribution is 2.39. The molecule has 12 heteroatoms. The molecule has 0 aliphatic rings. The number of halogens is 7. The van der Waals surface area contributed by atoms with Gasteiger partial charge >= 0.3 is 12.2 Å². The van der Waals surface area contributed by atoms with Gasteiger partial charge in [0.05, 0.1) is 18.8 Å². The first-order chi connectivity index (χ1) is 13.7. The number of benzene rings is 1. The molecule has 0 N–H and O–H groups in total. The van der Waals surface area contributed by atoms with Gasteiger partial charge in [-0.2, -0.15) is 13.2 Å². The number of rotatable bonds is 9. The van der Waals surface area contributed by atoms with Gasteiger partial charge in [-0.3, -0.25) is 0 Å². The molecule has 2 aromatic rings. The van der Waals surface area contributed by atoms with Gasteiger partial charge < -0.3 is 14.2 Å². The molecule has 0 fully saturated rings. The largest absolute Gasteiger partial charge is 0.492 e. The Bertz CT molecular complexity index is 845. The molecule has 0 aliphatic carbocycles. The second kappa shape index (κ2) is 11.0. The Kier molecular flexibility index (Phi) is 8.95. The van der Waals surface area contributed by atoms with Crippen LogP contribution in [0.5, 0.6) is 17.5 Å². The Morgan fingerprint density at radius 3 is 2.03 bits per heavy atom. The van der Waals surface area contributed by atoms with Crippen molar-refractivity contribution >= 4 is 46.4 Å². The summed E-state index contributed by atoms with van der Waals surface area (Å²) in [5, 5.41) is 0.328. The lowest BCUT2D eigenvalue weighted by atomic mass is 10.3. The van der Waals surface area contributed by atoms with E-state index in [1.54, 1.807) is 12.1 Å². The van der Waals surface area contributed by atoms with Gasteiger partial charge in [-0.05, 0) is 18.2 Å². The third kappa shape index (κ3) is 7.62. The van der Waals surface area contributed by atoms with Crippen LogP contribution in [0.2, 0.25) is 10.0 Å². The Morgan fingerprint density at radius 2 is 1.48 bits per heavy atom. The number of ether oxygens (including phenoxy) is 3. The number of aromatic nitrogens is 2. The molecule has 0 atom stereocenters. The summed E-state index contributed by atoms with van der Waals surface area (Å²) in [6, 6.07) is 2.99. The standard InChI is InChI=1S/C17H13Cl4F3N2O3/c18-13(19)4-7-28-12-3-2-11(14(20)15(12)21)27-5-1-6-29-16-25-8-10(9-26-16)17(22,23)24/h2-4,8-9H,1,5-7H2. The van der Waals surface area contributed by atoms with E-state index in [2.05, 4.69) is 9.97 Å². The van der Waals surface area contributed by atoms with Crippen molar-refractivity contribution in [1.29, 1.82) is 0 Å². The van der Waals surface area contributed by atoms with Gasteiger partial charge in [-0.15, -0.1) is 0 Å². The summed E-state index contributed by atoms with van der Waals surface area (Å²) in [6.07, 6.45) is -1.35. The number of hydrogen-bond acceptors (Lipinski definition) is 5. The van der Waals surface area contributed by atoms with Crippen LogP contribution < -0.4 is 14.2 Å². The van der Waals surface area contributed by atoms with Gasteiger partial charge in [0.25, 0.3) is 0 Å². The lowest BCUT2D eigenvalue weighted by molar-refractivity contribution is -0.138. The maximum absolute atomic E-state index is 12.4. The fraction of sp³-hybridized carbons (Fsp3) is 0.294. The maximum atomic E-state index is 12.4. The highest BCUT2D eigenvalue weighted by atomic mass is 35.5. The highest BCUT2D eigenvalue weighted by Gasteiger charge is 2.31. The average molecular weight is 492 g/mol. The van der Waals surface area contributed by atoms with E-state index in [-0.39, 0.29) is 40.4 Å². The predicted molar refractivity (Wildman–Crippen MR) is 104 cm³/mol. The van der Waals surface area contributed by atoms with Gasteiger partial charge in [-0.1, -0.05) is 46.4 Å². The van der Waals surface area contributed by atoms with Gasteiger partial charge in [0.1, 0.15) is 32.6 Å². The van der Waals surface area contributed by atoms with Crippen molar-refractivity contribution in [2.45, 2.75) is 12.6 Å². The molecule has 0 bridgehead atoms. The molecule has 0 amide bonds. The molecule has 0 spiro atoms. The van der Waals surface area contributed by atoms with Crippen LogP contribution in [-0.2, 0) is 6.18 Å². The van der Waals surface area contributed by atoms with E-state index in [1.165, 1.54) is 6.08 Å². The van der Waals surface area contributed by atoms with Crippen LogP contribution in [0.15, 0.2) is 35.1 Å². The molecule has 29 heavy (non-hydrogen) atoms. The van der Waals surface area contributed by atoms with Crippen molar-refractivity contribution in [3.05, 3.63) is 50.7 Å². The molecule has 158 valence electrons. The third-order valence-electron chi connectivity index (χ3n) is 3.22. The van der Waals surface area contributed by atoms with E-state index in [1.807, 2.05) is 0 Å². The first-order valence-electron chi connectivity index (χ1n) is 7.95. The molecular formula is C17H13Cl4F3N2O3. The van der Waals surface area contributed by atoms with E-state index >= 15 is 0 Å². The van der Waals surface area contributed by atoms with Gasteiger partial charge in [0, 0.05) is 18.8 Å². The number of nitrogens with zero attached hydrogens (tertiary/aromatic N) is 2. The summed E-state index contributed by atoms with van der Waals surface area (Å²) in [6.45, 7) is 0.451. The summed E-state index contributed by atoms with van der Waals surface area (Å²) < 4.78 is 53.4. The van der Waals surface area contributed by atoms with E-state index in [0.717, 1.165) is 0 Å². The van der Waals surface area contributed by atoms with Crippen LogP contribution >= 0.6 is 46.4 Å². The Labute approximate surface area is 184 Å². The number of hydrogen-bond donors (Lipinski definition) is 0. The van der Waals surface area contributed by atoms with Gasteiger partial charge in [0.15, 0.2) is 0 Å². The zero-order valence-corrected chi connectivity index (χ0v) is 17.5. The monoisotopic (exact) mass is 490 g/mol. The van der Waals surface area contributed by atoms with E-state index in [9.17, 15) is 13.2 Å². The van der Waals surface area contributed by atoms with Crippen LogP contribution in [0.3, 0.4) is 0 Å². The van der Waals surface area contributed by atoms with Crippen LogP contribution in [0.4, 0.5) is 13.2 Å². The molecule has 0 saturated heterocycles. The van der Waals surface area contributed by atoms with Crippen LogP contribution in [0.1, 0.15) is 12.0 Å². The average Bonchev–Trinajstić information content (AvgIpc) is 2.66. The molecule has 5 nitrogen and oxygen atoms in total. The SMILES string of the molecule is FC(F)(F)c1cnc(OCCCOc2ccc(OCC=C(Cl)Cl)c(Cl)c2Cl)nc1. The molecule has 0 unspecified atom stereocenters. The molecular weight excluding hydrogens is 479 g/mol. The summed E-state index contributed by atoms with van der Waals surface area (Å²) in [4.78, 5) is 7.01. The zero-order valence-electron chi connectivity index (χ0n) is 14.5. The molecule has 2 rings (SSSR count). The second-order valence-corrected chi connectivity index (χ2v) is 7.06. The van der Waals surface area contributed by atoms with Crippen LogP contribution in [-0.4, -0.2) is 29.8 Å². The van der Waals surface area contributed by atoms with Gasteiger partial charge in [-0.25, -0.2) is 9.97 Å². The minimum atomic E-state index is -4.50. The molecule has 0 radical (unpaired) electrons. The normalized spacial score (nSPS) is 11.1. The van der Waals surface area contributed by atoms with Gasteiger partial charge in [0.2, 0.25) is 0 Å². The first-order valence-corrected chi connectivity index (χ1v) is 9.46. The van der Waals surface area contributed by atoms with E-state index in [4.69, 9.17) is 60.6 Å². The Morgan fingerprint density at radius 1 is 0.931 bits per heavy atom. The number of alkyl halides is 3. The van der Waals surface area contributed by atoms with E-state index < -0.39 is 11.7 Å². The van der Waals surface area contributed by atoms with Crippen molar-refractivity contribution in [1.82, 2.24) is 9.97 Å². The molecule has 0 saturated carbocycles. The summed E-state index contributed by atoms with van der Waals surface area (Å²) in [5.74, 6) is 0.665. The van der Waals surface area contributed by atoms with Crippen molar-refractivity contribution < 1.29 is 27.4 Å². The fourth-order valence-electron chi connectivity index (χ4n) is 1.87. The quantitative estimate of drug-likeness (QED) is 0.382. The second-order valence-electron chi connectivity index (χ2n) is 5.30. The third-order valence-corrected chi connectivity index (χ3v) is 4.38. The van der Waals surface area contributed by atoms with Crippen molar-refractivity contribution in [3.63, 3.8) is 0 Å². The fourth-order valence-corrected chi connectivity index (χ4v) is 2.42. The molecule has 1 aromatic carbocycles. The lowest BCUT2D eigenvalue weighted by Crippen LogP contribution is -2.09. The zero-order chi connectivity index (χ0) is 21.4. The first kappa shape index (κ1) is 23.7. The maximum Gasteiger partial charge on any atom is 0.419 e. The Balaban J connectivity index is 1.79. The minimum absolute atomic E-state index is 0.0658. The highest BCUT2D eigenvalue weighted by molar-refractivity contribution is 6.55. The lowest BCUT2D eigenvalue weighted by Gasteiger charge is -2.12. The molecule has 1 heterocycles. The van der Waals surface area contributed by atoms with E-state index in [0.29, 0.717) is 30.3 Å². The smallest absolute Gasteiger partial charge is 0.419 e. The minimum Gasteiger partial charge on any atom is -0.492 e. The summed E-state index contributed by atoms with van der Waals surface area (Å²) in [5.41, 5.74) is -0.950. The van der Waals surface area contributed by atoms with Crippen molar-refractivity contribution in [3.8, 4) is 17.5 Å². The van der Waals surface area contributed by atoms with Crippen molar-refractivity contribution in [2.24, 2.45) is 0 Å². The topological polar surface area (TPSA) is 53.5 Å². The van der Waals surface area contributed by atoms with Crippen molar-refractivity contribution in [2.75, 3.05) is 19.8 Å². The molecule has 0 aliphatic heterocycles. The van der Waals surface area contributed by atoms with Crippen LogP contribution in [0.25, 0.3) is 0 Å². The molecule has 1 aromatic heterocycles. The van der Waals surface area contributed by atoms with Crippen LogP contribution in [0, 0.1) is 0 Å². The predicted octanol–water partition coefficient (Wildman–Crippen LogP) is 6.35.